The minimum atomic E-state index is -0.709. The van der Waals surface area contributed by atoms with E-state index in [4.69, 9.17) is 9.84 Å². The second-order valence-corrected chi connectivity index (χ2v) is 6.47. The number of carbonyl (C=O) groups is 1. The van der Waals surface area contributed by atoms with E-state index < -0.39 is 11.4 Å². The van der Waals surface area contributed by atoms with Crippen molar-refractivity contribution in [1.82, 2.24) is 0 Å². The maximum atomic E-state index is 10.9. The van der Waals surface area contributed by atoms with Gasteiger partial charge in [0, 0.05) is 17.9 Å². The van der Waals surface area contributed by atoms with Crippen LogP contribution in [0, 0.1) is 5.41 Å². The second-order valence-electron chi connectivity index (χ2n) is 5.44. The summed E-state index contributed by atoms with van der Waals surface area (Å²) in [6, 6.07) is 4.19. The lowest BCUT2D eigenvalue weighted by Gasteiger charge is -2.18. The molecule has 0 unspecified atom stereocenters. The molecular formula is C15H24O3S. The van der Waals surface area contributed by atoms with E-state index in [2.05, 4.69) is 17.5 Å². The molecule has 108 valence electrons. The second kappa shape index (κ2) is 8.33. The topological polar surface area (TPSA) is 46.5 Å². The largest absolute Gasteiger partial charge is 0.481 e. The summed E-state index contributed by atoms with van der Waals surface area (Å²) >= 11 is 1.76. The van der Waals surface area contributed by atoms with E-state index in [1.807, 2.05) is 0 Å². The van der Waals surface area contributed by atoms with Gasteiger partial charge in [-0.2, -0.15) is 0 Å². The standard InChI is InChI=1S/C15H24O3S/c1-15(2,14(16)17)9-4-3-5-10-18-11-8-13-7-6-12-19-13/h6-7,12H,3-5,8-11H2,1-2H3,(H,16,17). The van der Waals surface area contributed by atoms with Gasteiger partial charge in [0.05, 0.1) is 12.0 Å². The number of ether oxygens (including phenoxy) is 1. The zero-order valence-electron chi connectivity index (χ0n) is 11.9. The van der Waals surface area contributed by atoms with Gasteiger partial charge < -0.3 is 9.84 Å². The molecule has 1 rings (SSSR count). The van der Waals surface area contributed by atoms with E-state index in [0.717, 1.165) is 45.3 Å². The molecule has 0 aliphatic rings. The molecule has 0 fully saturated rings. The highest BCUT2D eigenvalue weighted by Gasteiger charge is 2.25. The Bertz CT molecular complexity index is 357. The predicted octanol–water partition coefficient (Wildman–Crippen LogP) is 3.98. The Labute approximate surface area is 119 Å². The molecule has 0 radical (unpaired) electrons. The Balaban J connectivity index is 1.93. The number of aliphatic carboxylic acids is 1. The van der Waals surface area contributed by atoms with Crippen LogP contribution in [0.2, 0.25) is 0 Å². The molecule has 0 aliphatic carbocycles. The Morgan fingerprint density at radius 1 is 1.32 bits per heavy atom. The Morgan fingerprint density at radius 3 is 2.74 bits per heavy atom. The average Bonchev–Trinajstić information content (AvgIpc) is 2.85. The van der Waals surface area contributed by atoms with Crippen LogP contribution in [-0.4, -0.2) is 24.3 Å². The summed E-state index contributed by atoms with van der Waals surface area (Å²) in [5.74, 6) is -0.709. The minimum absolute atomic E-state index is 0.597. The summed E-state index contributed by atoms with van der Waals surface area (Å²) in [5.41, 5.74) is -0.597. The average molecular weight is 284 g/mol. The summed E-state index contributed by atoms with van der Waals surface area (Å²) in [6.07, 6.45) is 4.73. The molecule has 1 N–H and O–H groups in total. The number of rotatable bonds is 10. The van der Waals surface area contributed by atoms with Gasteiger partial charge in [0.15, 0.2) is 0 Å². The van der Waals surface area contributed by atoms with Crippen molar-refractivity contribution >= 4 is 17.3 Å². The monoisotopic (exact) mass is 284 g/mol. The molecule has 19 heavy (non-hydrogen) atoms. The number of carboxylic acid groups (broad SMARTS) is 1. The lowest BCUT2D eigenvalue weighted by molar-refractivity contribution is -0.147. The third-order valence-electron chi connectivity index (χ3n) is 3.24. The van der Waals surface area contributed by atoms with Gasteiger partial charge in [-0.3, -0.25) is 4.79 Å². The van der Waals surface area contributed by atoms with Crippen LogP contribution >= 0.6 is 11.3 Å². The van der Waals surface area contributed by atoms with Crippen molar-refractivity contribution in [1.29, 1.82) is 0 Å². The van der Waals surface area contributed by atoms with Crippen LogP contribution < -0.4 is 0 Å². The molecule has 0 spiro atoms. The molecule has 1 aromatic heterocycles. The zero-order chi connectivity index (χ0) is 14.1. The van der Waals surface area contributed by atoms with Crippen LogP contribution in [0.15, 0.2) is 17.5 Å². The molecule has 1 heterocycles. The summed E-state index contributed by atoms with van der Waals surface area (Å²) in [6.45, 7) is 5.12. The van der Waals surface area contributed by atoms with Crippen molar-refractivity contribution in [2.24, 2.45) is 5.41 Å². The molecule has 0 saturated carbocycles. The van der Waals surface area contributed by atoms with Gasteiger partial charge in [0.2, 0.25) is 0 Å². The Hall–Kier alpha value is -0.870. The summed E-state index contributed by atoms with van der Waals surface area (Å²) in [4.78, 5) is 12.3. The van der Waals surface area contributed by atoms with Crippen molar-refractivity contribution < 1.29 is 14.6 Å². The molecular weight excluding hydrogens is 260 g/mol. The van der Waals surface area contributed by atoms with E-state index in [1.54, 1.807) is 25.2 Å². The fourth-order valence-electron chi connectivity index (χ4n) is 1.78. The van der Waals surface area contributed by atoms with E-state index in [-0.39, 0.29) is 0 Å². The smallest absolute Gasteiger partial charge is 0.309 e. The molecule has 1 aromatic rings. The van der Waals surface area contributed by atoms with Gasteiger partial charge in [-0.25, -0.2) is 0 Å². The van der Waals surface area contributed by atoms with Gasteiger partial charge in [0.25, 0.3) is 0 Å². The highest BCUT2D eigenvalue weighted by molar-refractivity contribution is 7.09. The quantitative estimate of drug-likeness (QED) is 0.661. The molecule has 3 nitrogen and oxygen atoms in total. The van der Waals surface area contributed by atoms with E-state index >= 15 is 0 Å². The van der Waals surface area contributed by atoms with Gasteiger partial charge in [0.1, 0.15) is 0 Å². The van der Waals surface area contributed by atoms with Gasteiger partial charge >= 0.3 is 5.97 Å². The molecule has 0 aromatic carbocycles. The van der Waals surface area contributed by atoms with Crippen molar-refractivity contribution in [3.63, 3.8) is 0 Å². The Morgan fingerprint density at radius 2 is 2.11 bits per heavy atom. The van der Waals surface area contributed by atoms with E-state index in [9.17, 15) is 4.79 Å². The van der Waals surface area contributed by atoms with Crippen molar-refractivity contribution in [2.75, 3.05) is 13.2 Å². The van der Waals surface area contributed by atoms with E-state index in [0.29, 0.717) is 0 Å². The number of hydrogen-bond acceptors (Lipinski definition) is 3. The maximum Gasteiger partial charge on any atom is 0.309 e. The third kappa shape index (κ3) is 6.73. The molecule has 0 bridgehead atoms. The zero-order valence-corrected chi connectivity index (χ0v) is 12.7. The predicted molar refractivity (Wildman–Crippen MR) is 78.7 cm³/mol. The first kappa shape index (κ1) is 16.2. The van der Waals surface area contributed by atoms with Crippen LogP contribution in [0.25, 0.3) is 0 Å². The number of carboxylic acids is 1. The highest BCUT2D eigenvalue weighted by atomic mass is 32.1. The molecule has 0 aliphatic heterocycles. The summed E-state index contributed by atoms with van der Waals surface area (Å²) < 4.78 is 5.58. The van der Waals surface area contributed by atoms with Crippen molar-refractivity contribution in [2.45, 2.75) is 46.0 Å². The normalized spacial score (nSPS) is 11.7. The molecule has 0 atom stereocenters. The SMILES string of the molecule is CC(C)(CCCCCOCCc1cccs1)C(=O)O. The fourth-order valence-corrected chi connectivity index (χ4v) is 2.47. The lowest BCUT2D eigenvalue weighted by Crippen LogP contribution is -2.23. The number of thiophene rings is 1. The third-order valence-corrected chi connectivity index (χ3v) is 4.18. The molecule has 0 amide bonds. The van der Waals surface area contributed by atoms with Crippen LogP contribution in [0.5, 0.6) is 0 Å². The first-order chi connectivity index (χ1) is 9.02. The van der Waals surface area contributed by atoms with Crippen molar-refractivity contribution in [3.05, 3.63) is 22.4 Å². The first-order valence-corrected chi connectivity index (χ1v) is 7.74. The van der Waals surface area contributed by atoms with E-state index in [1.165, 1.54) is 4.88 Å². The summed E-state index contributed by atoms with van der Waals surface area (Å²) in [5, 5.41) is 11.1. The number of hydrogen-bond donors (Lipinski definition) is 1. The van der Waals surface area contributed by atoms with Crippen LogP contribution in [0.3, 0.4) is 0 Å². The maximum absolute atomic E-state index is 10.9. The van der Waals surface area contributed by atoms with Gasteiger partial charge in [-0.1, -0.05) is 18.9 Å². The van der Waals surface area contributed by atoms with Crippen LogP contribution in [-0.2, 0) is 16.0 Å². The van der Waals surface area contributed by atoms with Crippen LogP contribution in [0.1, 0.15) is 44.4 Å². The fraction of sp³-hybridized carbons (Fsp3) is 0.667. The molecule has 4 heteroatoms. The Kier molecular flexibility index (Phi) is 7.10. The molecule has 0 saturated heterocycles. The van der Waals surface area contributed by atoms with Crippen molar-refractivity contribution in [3.8, 4) is 0 Å². The lowest BCUT2D eigenvalue weighted by atomic mass is 9.87. The van der Waals surface area contributed by atoms with Gasteiger partial charge in [-0.05, 0) is 38.1 Å². The van der Waals surface area contributed by atoms with Gasteiger partial charge in [-0.15, -0.1) is 11.3 Å². The first-order valence-electron chi connectivity index (χ1n) is 6.86. The highest BCUT2D eigenvalue weighted by Crippen LogP contribution is 2.23. The summed E-state index contributed by atoms with van der Waals surface area (Å²) in [7, 11) is 0. The van der Waals surface area contributed by atoms with Crippen LogP contribution in [0.4, 0.5) is 0 Å². The minimum Gasteiger partial charge on any atom is -0.481 e. The number of unbranched alkanes of at least 4 members (excludes halogenated alkanes) is 2.